The van der Waals surface area contributed by atoms with E-state index in [1.165, 1.54) is 12.1 Å². The second-order valence-corrected chi connectivity index (χ2v) is 5.14. The van der Waals surface area contributed by atoms with Gasteiger partial charge in [0.15, 0.2) is 0 Å². The Morgan fingerprint density at radius 1 is 1.05 bits per heavy atom. The van der Waals surface area contributed by atoms with E-state index in [0.29, 0.717) is 5.56 Å². The first-order valence-electron chi connectivity index (χ1n) is 6.68. The Bertz CT molecular complexity index is 576. The summed E-state index contributed by atoms with van der Waals surface area (Å²) in [5, 5.41) is 10.4. The van der Waals surface area contributed by atoms with Gasteiger partial charge in [-0.25, -0.2) is 4.39 Å². The molecule has 0 bridgehead atoms. The summed E-state index contributed by atoms with van der Waals surface area (Å²) in [7, 11) is 0. The summed E-state index contributed by atoms with van der Waals surface area (Å²) in [6.07, 6.45) is -0.727. The van der Waals surface area contributed by atoms with Gasteiger partial charge in [-0.2, -0.15) is 0 Å². The first kappa shape index (κ1) is 14.5. The molecule has 0 heterocycles. The second kappa shape index (κ2) is 6.06. The molecule has 2 aromatic rings. The minimum atomic E-state index is -0.834. The lowest BCUT2D eigenvalue weighted by molar-refractivity contribution is 0.218. The number of rotatable bonds is 4. The van der Waals surface area contributed by atoms with Crippen molar-refractivity contribution in [2.24, 2.45) is 0 Å². The third-order valence-electron chi connectivity index (χ3n) is 3.10. The summed E-state index contributed by atoms with van der Waals surface area (Å²) in [6, 6.07) is 11.7. The van der Waals surface area contributed by atoms with Crippen molar-refractivity contribution in [2.75, 3.05) is 0 Å². The van der Waals surface area contributed by atoms with E-state index in [4.69, 9.17) is 4.74 Å². The monoisotopic (exact) mass is 274 g/mol. The quantitative estimate of drug-likeness (QED) is 0.913. The topological polar surface area (TPSA) is 29.5 Å². The maximum atomic E-state index is 13.3. The molecule has 3 heteroatoms. The van der Waals surface area contributed by atoms with E-state index < -0.39 is 6.10 Å². The largest absolute Gasteiger partial charge is 0.491 e. The molecule has 0 aliphatic rings. The number of hydrogen-bond donors (Lipinski definition) is 1. The molecule has 0 saturated carbocycles. The Kier molecular flexibility index (Phi) is 4.40. The van der Waals surface area contributed by atoms with Crippen molar-refractivity contribution in [3.63, 3.8) is 0 Å². The van der Waals surface area contributed by atoms with Crippen LogP contribution in [0.3, 0.4) is 0 Å². The molecule has 1 N–H and O–H groups in total. The molecule has 0 spiro atoms. The van der Waals surface area contributed by atoms with Gasteiger partial charge in [0.25, 0.3) is 0 Å². The lowest BCUT2D eigenvalue weighted by Gasteiger charge is -2.15. The van der Waals surface area contributed by atoms with Crippen molar-refractivity contribution < 1.29 is 14.2 Å². The van der Waals surface area contributed by atoms with Crippen LogP contribution in [0.1, 0.15) is 36.6 Å². The van der Waals surface area contributed by atoms with E-state index in [9.17, 15) is 9.50 Å². The zero-order chi connectivity index (χ0) is 14.7. The number of halogens is 1. The first-order chi connectivity index (χ1) is 9.47. The maximum absolute atomic E-state index is 13.3. The SMILES string of the molecule is Cc1ccc(F)cc1C(O)c1ccc(OC(C)C)cc1. The molecule has 106 valence electrons. The summed E-state index contributed by atoms with van der Waals surface area (Å²) in [5.74, 6) is 0.413. The Hall–Kier alpha value is -1.87. The van der Waals surface area contributed by atoms with Gasteiger partial charge in [-0.1, -0.05) is 18.2 Å². The highest BCUT2D eigenvalue weighted by Gasteiger charge is 2.14. The van der Waals surface area contributed by atoms with Gasteiger partial charge in [-0.15, -0.1) is 0 Å². The molecule has 0 amide bonds. The molecule has 2 aromatic carbocycles. The number of aliphatic hydroxyl groups is 1. The smallest absolute Gasteiger partial charge is 0.123 e. The molecular weight excluding hydrogens is 255 g/mol. The molecule has 2 rings (SSSR count). The van der Waals surface area contributed by atoms with Crippen molar-refractivity contribution in [1.82, 2.24) is 0 Å². The van der Waals surface area contributed by atoms with E-state index in [0.717, 1.165) is 16.9 Å². The van der Waals surface area contributed by atoms with Crippen molar-refractivity contribution in [1.29, 1.82) is 0 Å². The minimum Gasteiger partial charge on any atom is -0.491 e. The zero-order valence-corrected chi connectivity index (χ0v) is 11.9. The van der Waals surface area contributed by atoms with Gasteiger partial charge < -0.3 is 9.84 Å². The highest BCUT2D eigenvalue weighted by atomic mass is 19.1. The molecule has 0 radical (unpaired) electrons. The van der Waals surface area contributed by atoms with Crippen LogP contribution >= 0.6 is 0 Å². The average molecular weight is 274 g/mol. The fourth-order valence-electron chi connectivity index (χ4n) is 2.09. The molecule has 0 saturated heterocycles. The van der Waals surface area contributed by atoms with E-state index >= 15 is 0 Å². The third-order valence-corrected chi connectivity index (χ3v) is 3.10. The average Bonchev–Trinajstić information content (AvgIpc) is 2.41. The van der Waals surface area contributed by atoms with Gasteiger partial charge in [0.2, 0.25) is 0 Å². The van der Waals surface area contributed by atoms with Crippen molar-refractivity contribution in [3.05, 3.63) is 65.0 Å². The summed E-state index contributed by atoms with van der Waals surface area (Å²) in [5.41, 5.74) is 2.17. The van der Waals surface area contributed by atoms with Crippen LogP contribution in [0.5, 0.6) is 5.75 Å². The van der Waals surface area contributed by atoms with E-state index in [1.54, 1.807) is 18.2 Å². The summed E-state index contributed by atoms with van der Waals surface area (Å²) < 4.78 is 18.9. The van der Waals surface area contributed by atoms with E-state index in [-0.39, 0.29) is 11.9 Å². The van der Waals surface area contributed by atoms with Crippen LogP contribution in [0, 0.1) is 12.7 Å². The lowest BCUT2D eigenvalue weighted by atomic mass is 9.97. The molecule has 0 aromatic heterocycles. The Labute approximate surface area is 118 Å². The van der Waals surface area contributed by atoms with Gasteiger partial charge in [0.05, 0.1) is 6.10 Å². The predicted molar refractivity (Wildman–Crippen MR) is 77.4 cm³/mol. The molecule has 0 aliphatic heterocycles. The van der Waals surface area contributed by atoms with Crippen LogP contribution in [0.25, 0.3) is 0 Å². The van der Waals surface area contributed by atoms with Gasteiger partial charge in [-0.05, 0) is 61.7 Å². The molecule has 2 nitrogen and oxygen atoms in total. The second-order valence-electron chi connectivity index (χ2n) is 5.14. The highest BCUT2D eigenvalue weighted by Crippen LogP contribution is 2.27. The first-order valence-corrected chi connectivity index (χ1v) is 6.68. The van der Waals surface area contributed by atoms with E-state index in [2.05, 4.69) is 0 Å². The molecule has 0 fully saturated rings. The van der Waals surface area contributed by atoms with Gasteiger partial charge in [0.1, 0.15) is 17.7 Å². The summed E-state index contributed by atoms with van der Waals surface area (Å²) in [6.45, 7) is 5.77. The van der Waals surface area contributed by atoms with Crippen LogP contribution in [0.15, 0.2) is 42.5 Å². The number of aryl methyl sites for hydroxylation is 1. The molecule has 20 heavy (non-hydrogen) atoms. The standard InChI is InChI=1S/C17H19FO2/c1-11(2)20-15-8-5-13(6-9-15)17(19)16-10-14(18)7-4-12(16)3/h4-11,17,19H,1-3H3. The predicted octanol–water partition coefficient (Wildman–Crippen LogP) is 4.00. The fraction of sp³-hybridized carbons (Fsp3) is 0.294. The minimum absolute atomic E-state index is 0.108. The fourth-order valence-corrected chi connectivity index (χ4v) is 2.09. The zero-order valence-electron chi connectivity index (χ0n) is 11.9. The van der Waals surface area contributed by atoms with Crippen LogP contribution in [0.4, 0.5) is 4.39 Å². The Morgan fingerprint density at radius 3 is 2.30 bits per heavy atom. The number of aliphatic hydroxyl groups excluding tert-OH is 1. The van der Waals surface area contributed by atoms with Gasteiger partial charge >= 0.3 is 0 Å². The van der Waals surface area contributed by atoms with Crippen LogP contribution in [-0.4, -0.2) is 11.2 Å². The van der Waals surface area contributed by atoms with Gasteiger partial charge in [-0.3, -0.25) is 0 Å². The molecule has 0 aliphatic carbocycles. The van der Waals surface area contributed by atoms with Crippen LogP contribution < -0.4 is 4.74 Å². The van der Waals surface area contributed by atoms with E-state index in [1.807, 2.05) is 32.9 Å². The summed E-state index contributed by atoms with van der Waals surface area (Å²) in [4.78, 5) is 0. The van der Waals surface area contributed by atoms with Crippen LogP contribution in [-0.2, 0) is 0 Å². The number of hydrogen-bond acceptors (Lipinski definition) is 2. The summed E-state index contributed by atoms with van der Waals surface area (Å²) >= 11 is 0. The Balaban J connectivity index is 2.24. The van der Waals surface area contributed by atoms with Crippen molar-refractivity contribution in [2.45, 2.75) is 33.0 Å². The number of ether oxygens (including phenoxy) is 1. The van der Waals surface area contributed by atoms with Crippen LogP contribution in [0.2, 0.25) is 0 Å². The lowest BCUT2D eigenvalue weighted by Crippen LogP contribution is -2.06. The van der Waals surface area contributed by atoms with Gasteiger partial charge in [0, 0.05) is 0 Å². The van der Waals surface area contributed by atoms with Crippen molar-refractivity contribution >= 4 is 0 Å². The molecular formula is C17H19FO2. The third kappa shape index (κ3) is 3.36. The normalized spacial score (nSPS) is 12.5. The maximum Gasteiger partial charge on any atom is 0.123 e. The Morgan fingerprint density at radius 2 is 1.70 bits per heavy atom. The highest BCUT2D eigenvalue weighted by molar-refractivity contribution is 5.37. The molecule has 1 unspecified atom stereocenters. The molecule has 1 atom stereocenters. The van der Waals surface area contributed by atoms with Crippen molar-refractivity contribution in [3.8, 4) is 5.75 Å². The number of benzene rings is 2.